The predicted molar refractivity (Wildman–Crippen MR) is 115 cm³/mol. The van der Waals surface area contributed by atoms with E-state index in [1.165, 1.54) is 0 Å². The molecular formula is C23H27N3O4. The molecule has 2 N–H and O–H groups in total. The molecule has 0 aromatic heterocycles. The van der Waals surface area contributed by atoms with Gasteiger partial charge in [-0.1, -0.05) is 12.1 Å². The molecule has 2 aromatic rings. The molecule has 0 radical (unpaired) electrons. The second-order valence-electron chi connectivity index (χ2n) is 7.50. The van der Waals surface area contributed by atoms with Crippen molar-refractivity contribution >= 4 is 23.3 Å². The van der Waals surface area contributed by atoms with Crippen molar-refractivity contribution in [1.82, 2.24) is 4.90 Å². The van der Waals surface area contributed by atoms with Crippen LogP contribution in [0.5, 0.6) is 11.5 Å². The van der Waals surface area contributed by atoms with Crippen LogP contribution in [0, 0.1) is 0 Å². The number of carbonyl (C=O) groups is 2. The first-order valence-corrected chi connectivity index (χ1v) is 10.5. The van der Waals surface area contributed by atoms with Crippen LogP contribution in [0.1, 0.15) is 43.0 Å². The second kappa shape index (κ2) is 9.07. The maximum Gasteiger partial charge on any atom is 0.323 e. The Hall–Kier alpha value is -3.22. The van der Waals surface area contributed by atoms with E-state index in [0.717, 1.165) is 32.2 Å². The molecule has 2 aliphatic rings. The molecule has 30 heavy (non-hydrogen) atoms. The van der Waals surface area contributed by atoms with Gasteiger partial charge in [-0.2, -0.15) is 0 Å². The summed E-state index contributed by atoms with van der Waals surface area (Å²) < 4.78 is 11.4. The van der Waals surface area contributed by atoms with E-state index in [9.17, 15) is 9.59 Å². The number of anilines is 2. The summed E-state index contributed by atoms with van der Waals surface area (Å²) >= 11 is 0. The summed E-state index contributed by atoms with van der Waals surface area (Å²) in [6.07, 6.45) is 4.04. The number of rotatable bonds is 4. The van der Waals surface area contributed by atoms with E-state index in [1.807, 2.05) is 24.0 Å². The van der Waals surface area contributed by atoms with Crippen LogP contribution in [0.2, 0.25) is 0 Å². The number of ether oxygens (including phenoxy) is 2. The Balaban J connectivity index is 1.51. The molecule has 2 aliphatic heterocycles. The van der Waals surface area contributed by atoms with Gasteiger partial charge >= 0.3 is 6.03 Å². The molecule has 0 spiro atoms. The largest absolute Gasteiger partial charge is 0.493 e. The van der Waals surface area contributed by atoms with Crippen LogP contribution < -0.4 is 20.1 Å². The van der Waals surface area contributed by atoms with Crippen molar-refractivity contribution in [3.05, 3.63) is 48.0 Å². The predicted octanol–water partition coefficient (Wildman–Crippen LogP) is 4.51. The first kappa shape index (κ1) is 20.1. The van der Waals surface area contributed by atoms with Gasteiger partial charge in [0.25, 0.3) is 5.91 Å². The molecule has 3 amide bonds. The van der Waals surface area contributed by atoms with Gasteiger partial charge in [0.1, 0.15) is 11.5 Å². The Morgan fingerprint density at radius 2 is 2.03 bits per heavy atom. The number of carbonyl (C=O) groups excluding carboxylic acids is 2. The zero-order chi connectivity index (χ0) is 20.9. The van der Waals surface area contributed by atoms with E-state index in [0.29, 0.717) is 41.7 Å². The Bertz CT molecular complexity index is 930. The maximum absolute atomic E-state index is 13.2. The molecule has 7 nitrogen and oxygen atoms in total. The zero-order valence-electron chi connectivity index (χ0n) is 17.1. The van der Waals surface area contributed by atoms with Crippen LogP contribution in [-0.4, -0.2) is 42.6 Å². The summed E-state index contributed by atoms with van der Waals surface area (Å²) in [6.45, 7) is 3.75. The lowest BCUT2D eigenvalue weighted by molar-refractivity contribution is 0.0548. The maximum atomic E-state index is 13.2. The van der Waals surface area contributed by atoms with Gasteiger partial charge in [-0.3, -0.25) is 4.79 Å². The highest BCUT2D eigenvalue weighted by atomic mass is 16.5. The zero-order valence-corrected chi connectivity index (χ0v) is 17.1. The SMILES string of the molecule is CCOc1ccccc1NC(=O)Nc1ccc2c(c1)C(=O)N1CCCCC1CCO2. The lowest BCUT2D eigenvalue weighted by Gasteiger charge is -2.37. The summed E-state index contributed by atoms with van der Waals surface area (Å²) in [6, 6.07) is 12.3. The highest BCUT2D eigenvalue weighted by molar-refractivity contribution is 6.03. The van der Waals surface area contributed by atoms with Gasteiger partial charge in [0.05, 0.1) is 24.5 Å². The Morgan fingerprint density at radius 1 is 1.17 bits per heavy atom. The highest BCUT2D eigenvalue weighted by Crippen LogP contribution is 2.31. The average molecular weight is 409 g/mol. The lowest BCUT2D eigenvalue weighted by atomic mass is 9.97. The first-order valence-electron chi connectivity index (χ1n) is 10.5. The van der Waals surface area contributed by atoms with E-state index in [1.54, 1.807) is 30.3 Å². The van der Waals surface area contributed by atoms with Gasteiger partial charge in [-0.15, -0.1) is 0 Å². The minimum atomic E-state index is -0.405. The third-order valence-electron chi connectivity index (χ3n) is 5.50. The number of hydrogen-bond donors (Lipinski definition) is 2. The average Bonchev–Trinajstić information content (AvgIpc) is 2.75. The number of hydrogen-bond acceptors (Lipinski definition) is 4. The van der Waals surface area contributed by atoms with E-state index < -0.39 is 6.03 Å². The fourth-order valence-electron chi connectivity index (χ4n) is 4.06. The third-order valence-corrected chi connectivity index (χ3v) is 5.50. The second-order valence-corrected chi connectivity index (χ2v) is 7.50. The summed E-state index contributed by atoms with van der Waals surface area (Å²) in [7, 11) is 0. The Labute approximate surface area is 176 Å². The number of para-hydroxylation sites is 2. The van der Waals surface area contributed by atoms with Crippen LogP contribution in [0.15, 0.2) is 42.5 Å². The van der Waals surface area contributed by atoms with Crippen LogP contribution in [0.3, 0.4) is 0 Å². The molecule has 158 valence electrons. The Kier molecular flexibility index (Phi) is 6.07. The number of benzene rings is 2. The van der Waals surface area contributed by atoms with Crippen molar-refractivity contribution in [2.24, 2.45) is 0 Å². The molecule has 1 fully saturated rings. The van der Waals surface area contributed by atoms with Gasteiger partial charge in [-0.05, 0) is 56.5 Å². The molecule has 1 unspecified atom stereocenters. The summed E-state index contributed by atoms with van der Waals surface area (Å²) in [5, 5.41) is 5.61. The molecule has 0 aliphatic carbocycles. The van der Waals surface area contributed by atoms with Crippen molar-refractivity contribution in [2.45, 2.75) is 38.6 Å². The quantitative estimate of drug-likeness (QED) is 0.779. The van der Waals surface area contributed by atoms with E-state index in [-0.39, 0.29) is 11.9 Å². The highest BCUT2D eigenvalue weighted by Gasteiger charge is 2.31. The van der Waals surface area contributed by atoms with Crippen LogP contribution in [-0.2, 0) is 0 Å². The molecule has 0 bridgehead atoms. The topological polar surface area (TPSA) is 79.9 Å². The third kappa shape index (κ3) is 4.35. The van der Waals surface area contributed by atoms with Crippen LogP contribution in [0.25, 0.3) is 0 Å². The number of urea groups is 1. The van der Waals surface area contributed by atoms with Crippen molar-refractivity contribution in [3.8, 4) is 11.5 Å². The van der Waals surface area contributed by atoms with Crippen LogP contribution in [0.4, 0.5) is 16.2 Å². The number of nitrogens with zero attached hydrogens (tertiary/aromatic N) is 1. The minimum absolute atomic E-state index is 0.0276. The van der Waals surface area contributed by atoms with Crippen LogP contribution >= 0.6 is 0 Å². The summed E-state index contributed by atoms with van der Waals surface area (Å²) in [5.74, 6) is 1.14. The fourth-order valence-corrected chi connectivity index (χ4v) is 4.06. The molecule has 1 atom stereocenters. The lowest BCUT2D eigenvalue weighted by Crippen LogP contribution is -2.45. The van der Waals surface area contributed by atoms with Gasteiger partial charge in [0.2, 0.25) is 0 Å². The minimum Gasteiger partial charge on any atom is -0.493 e. The monoisotopic (exact) mass is 409 g/mol. The molecule has 1 saturated heterocycles. The molecule has 4 rings (SSSR count). The number of amides is 3. The molecule has 0 saturated carbocycles. The standard InChI is InChI=1S/C23H27N3O4/c1-2-29-21-9-4-3-8-19(21)25-23(28)24-16-10-11-20-18(15-16)22(27)26-13-6-5-7-17(26)12-14-30-20/h3-4,8-11,15,17H,2,5-7,12-14H2,1H3,(H2,24,25,28). The van der Waals surface area contributed by atoms with Gasteiger partial charge in [0, 0.05) is 24.7 Å². The molecule has 7 heteroatoms. The van der Waals surface area contributed by atoms with Crippen molar-refractivity contribution in [3.63, 3.8) is 0 Å². The number of nitrogens with one attached hydrogen (secondary N) is 2. The first-order chi connectivity index (χ1) is 14.7. The van der Waals surface area contributed by atoms with Gasteiger partial charge in [0.15, 0.2) is 0 Å². The Morgan fingerprint density at radius 3 is 2.90 bits per heavy atom. The van der Waals surface area contributed by atoms with Crippen molar-refractivity contribution in [1.29, 1.82) is 0 Å². The number of piperidine rings is 1. The number of fused-ring (bicyclic) bond motifs is 2. The fraction of sp³-hybridized carbons (Fsp3) is 0.391. The van der Waals surface area contributed by atoms with E-state index >= 15 is 0 Å². The van der Waals surface area contributed by atoms with E-state index in [2.05, 4.69) is 10.6 Å². The van der Waals surface area contributed by atoms with Crippen molar-refractivity contribution in [2.75, 3.05) is 30.4 Å². The summed E-state index contributed by atoms with van der Waals surface area (Å²) in [4.78, 5) is 27.7. The summed E-state index contributed by atoms with van der Waals surface area (Å²) in [5.41, 5.74) is 1.61. The smallest absolute Gasteiger partial charge is 0.323 e. The molecular weight excluding hydrogens is 382 g/mol. The van der Waals surface area contributed by atoms with Crippen molar-refractivity contribution < 1.29 is 19.1 Å². The van der Waals surface area contributed by atoms with Gasteiger partial charge < -0.3 is 25.0 Å². The molecule has 2 heterocycles. The molecule has 2 aromatic carbocycles. The van der Waals surface area contributed by atoms with E-state index in [4.69, 9.17) is 9.47 Å². The normalized spacial score (nSPS) is 18.2. The van der Waals surface area contributed by atoms with Gasteiger partial charge in [-0.25, -0.2) is 4.79 Å².